The molecule has 1 heterocycles. The molecule has 0 aromatic carbocycles. The molecular formula is C12H18N4O. The molecule has 1 aliphatic rings. The van der Waals surface area contributed by atoms with Crippen molar-refractivity contribution in [3.8, 4) is 0 Å². The highest BCUT2D eigenvalue weighted by Gasteiger charge is 2.20. The van der Waals surface area contributed by atoms with Crippen LogP contribution in [0.4, 0.5) is 11.5 Å². The van der Waals surface area contributed by atoms with Crippen LogP contribution in [0.25, 0.3) is 0 Å². The quantitative estimate of drug-likeness (QED) is 0.648. The molecule has 1 saturated carbocycles. The third-order valence-electron chi connectivity index (χ3n) is 2.95. The van der Waals surface area contributed by atoms with Gasteiger partial charge in [-0.15, -0.1) is 0 Å². The second kappa shape index (κ2) is 5.03. The summed E-state index contributed by atoms with van der Waals surface area (Å²) in [4.78, 5) is 15.3. The summed E-state index contributed by atoms with van der Waals surface area (Å²) in [5.41, 5.74) is 11.6. The van der Waals surface area contributed by atoms with E-state index in [9.17, 15) is 4.79 Å². The molecule has 1 aromatic rings. The van der Waals surface area contributed by atoms with Crippen LogP contribution in [0.5, 0.6) is 0 Å². The number of amides is 1. The first-order valence-electron chi connectivity index (χ1n) is 5.96. The van der Waals surface area contributed by atoms with Crippen molar-refractivity contribution in [3.05, 3.63) is 17.8 Å². The summed E-state index contributed by atoms with van der Waals surface area (Å²) in [6, 6.07) is 1.55. The summed E-state index contributed by atoms with van der Waals surface area (Å²) in [5.74, 6) is 0.948. The number of primary amides is 1. The predicted octanol–water partition coefficient (Wildman–Crippen LogP) is 1.36. The highest BCUT2D eigenvalue weighted by Crippen LogP contribution is 2.33. The number of pyridine rings is 1. The van der Waals surface area contributed by atoms with Crippen LogP contribution >= 0.6 is 0 Å². The zero-order valence-corrected chi connectivity index (χ0v) is 9.78. The smallest absolute Gasteiger partial charge is 0.252 e. The van der Waals surface area contributed by atoms with Gasteiger partial charge in [-0.2, -0.15) is 0 Å². The van der Waals surface area contributed by atoms with Gasteiger partial charge in [0.25, 0.3) is 5.91 Å². The summed E-state index contributed by atoms with van der Waals surface area (Å²) in [5, 5.41) is 3.14. The Morgan fingerprint density at radius 1 is 1.53 bits per heavy atom. The van der Waals surface area contributed by atoms with Crippen molar-refractivity contribution in [2.24, 2.45) is 11.7 Å². The minimum atomic E-state index is -0.505. The van der Waals surface area contributed by atoms with Gasteiger partial charge in [-0.05, 0) is 24.8 Å². The molecule has 92 valence electrons. The van der Waals surface area contributed by atoms with E-state index in [4.69, 9.17) is 11.5 Å². The molecule has 0 saturated heterocycles. The highest BCUT2D eigenvalue weighted by molar-refractivity contribution is 5.98. The van der Waals surface area contributed by atoms with Gasteiger partial charge >= 0.3 is 0 Å². The maximum absolute atomic E-state index is 11.2. The van der Waals surface area contributed by atoms with Crippen molar-refractivity contribution >= 4 is 17.4 Å². The van der Waals surface area contributed by atoms with Gasteiger partial charge in [-0.3, -0.25) is 4.79 Å². The van der Waals surface area contributed by atoms with Crippen LogP contribution in [0.2, 0.25) is 0 Å². The molecule has 5 heteroatoms. The van der Waals surface area contributed by atoms with Gasteiger partial charge in [0.2, 0.25) is 0 Å². The topological polar surface area (TPSA) is 94.0 Å². The van der Waals surface area contributed by atoms with Gasteiger partial charge < -0.3 is 16.8 Å². The van der Waals surface area contributed by atoms with Crippen LogP contribution in [0, 0.1) is 5.92 Å². The Balaban J connectivity index is 1.91. The monoisotopic (exact) mass is 234 g/mol. The fourth-order valence-corrected chi connectivity index (χ4v) is 1.81. The number of nitrogens with two attached hydrogens (primary N) is 2. The maximum atomic E-state index is 11.2. The molecule has 2 rings (SSSR count). The summed E-state index contributed by atoms with van der Waals surface area (Å²) in [6.45, 7) is 0.813. The number of aromatic nitrogens is 1. The van der Waals surface area contributed by atoms with E-state index < -0.39 is 5.91 Å². The Hall–Kier alpha value is -1.78. The lowest BCUT2D eigenvalue weighted by molar-refractivity contribution is 0.100. The van der Waals surface area contributed by atoms with Crippen LogP contribution in [-0.2, 0) is 0 Å². The largest absolute Gasteiger partial charge is 0.397 e. The normalized spacial score (nSPS) is 14.6. The van der Waals surface area contributed by atoms with E-state index in [1.807, 2.05) is 0 Å². The van der Waals surface area contributed by atoms with Gasteiger partial charge in [-0.25, -0.2) is 4.98 Å². The number of carbonyl (C=O) groups is 1. The molecule has 0 bridgehead atoms. The fourth-order valence-electron chi connectivity index (χ4n) is 1.81. The molecule has 0 unspecified atom stereocenters. The van der Waals surface area contributed by atoms with E-state index in [1.165, 1.54) is 25.5 Å². The van der Waals surface area contributed by atoms with Crippen molar-refractivity contribution in [1.82, 2.24) is 4.98 Å². The van der Waals surface area contributed by atoms with E-state index in [-0.39, 0.29) is 0 Å². The number of nitrogen functional groups attached to an aromatic ring is 1. The van der Waals surface area contributed by atoms with Crippen LogP contribution < -0.4 is 16.8 Å². The molecular weight excluding hydrogens is 216 g/mol. The lowest BCUT2D eigenvalue weighted by Crippen LogP contribution is -2.16. The molecule has 0 radical (unpaired) electrons. The molecule has 1 amide bonds. The van der Waals surface area contributed by atoms with E-state index in [1.54, 1.807) is 6.07 Å². The molecule has 5 nitrogen and oxygen atoms in total. The molecule has 0 atom stereocenters. The van der Waals surface area contributed by atoms with Gasteiger partial charge in [0.1, 0.15) is 5.82 Å². The van der Waals surface area contributed by atoms with Crippen molar-refractivity contribution in [2.45, 2.75) is 25.7 Å². The Labute approximate surface area is 101 Å². The zero-order valence-electron chi connectivity index (χ0n) is 9.78. The van der Waals surface area contributed by atoms with Crippen molar-refractivity contribution in [1.29, 1.82) is 0 Å². The maximum Gasteiger partial charge on any atom is 0.252 e. The van der Waals surface area contributed by atoms with E-state index >= 15 is 0 Å². The first-order chi connectivity index (χ1) is 8.16. The number of anilines is 2. The van der Waals surface area contributed by atoms with Gasteiger partial charge in [0.05, 0.1) is 17.4 Å². The molecule has 5 N–H and O–H groups in total. The van der Waals surface area contributed by atoms with Crippen LogP contribution in [0.3, 0.4) is 0 Å². The number of carbonyl (C=O) groups excluding carboxylic acids is 1. The van der Waals surface area contributed by atoms with Crippen LogP contribution in [0.1, 0.15) is 36.0 Å². The van der Waals surface area contributed by atoms with Crippen molar-refractivity contribution < 1.29 is 4.79 Å². The first kappa shape index (κ1) is 11.7. The van der Waals surface area contributed by atoms with Crippen molar-refractivity contribution in [2.75, 3.05) is 17.6 Å². The van der Waals surface area contributed by atoms with Gasteiger partial charge in [-0.1, -0.05) is 12.8 Å². The summed E-state index contributed by atoms with van der Waals surface area (Å²) >= 11 is 0. The molecule has 1 aliphatic carbocycles. The summed E-state index contributed by atoms with van der Waals surface area (Å²) in [6.07, 6.45) is 6.60. The molecule has 0 spiro atoms. The third-order valence-corrected chi connectivity index (χ3v) is 2.95. The number of rotatable bonds is 6. The lowest BCUT2D eigenvalue weighted by atomic mass is 10.2. The number of nitrogens with zero attached hydrogens (tertiary/aromatic N) is 1. The summed E-state index contributed by atoms with van der Waals surface area (Å²) in [7, 11) is 0. The van der Waals surface area contributed by atoms with E-state index in [2.05, 4.69) is 10.3 Å². The Morgan fingerprint density at radius 2 is 2.29 bits per heavy atom. The SMILES string of the molecule is NC(=O)c1cc(N)cnc1NCCCC1CC1. The first-order valence-corrected chi connectivity index (χ1v) is 5.96. The standard InChI is InChI=1S/C12H18N4O/c13-9-6-10(11(14)17)12(16-7-9)15-5-1-2-8-3-4-8/h6-8H,1-5,13H2,(H2,14,17)(H,15,16). The second-order valence-electron chi connectivity index (χ2n) is 4.54. The zero-order chi connectivity index (χ0) is 12.3. The Kier molecular flexibility index (Phi) is 3.46. The second-order valence-corrected chi connectivity index (χ2v) is 4.54. The number of hydrogen-bond acceptors (Lipinski definition) is 4. The minimum Gasteiger partial charge on any atom is -0.397 e. The van der Waals surface area contributed by atoms with Crippen LogP contribution in [0.15, 0.2) is 12.3 Å². The molecule has 17 heavy (non-hydrogen) atoms. The average molecular weight is 234 g/mol. The third kappa shape index (κ3) is 3.34. The van der Waals surface area contributed by atoms with E-state index in [0.717, 1.165) is 18.9 Å². The van der Waals surface area contributed by atoms with Crippen LogP contribution in [-0.4, -0.2) is 17.4 Å². The highest BCUT2D eigenvalue weighted by atomic mass is 16.1. The molecule has 1 aromatic heterocycles. The lowest BCUT2D eigenvalue weighted by Gasteiger charge is -2.09. The average Bonchev–Trinajstić information content (AvgIpc) is 3.09. The molecule has 1 fully saturated rings. The van der Waals surface area contributed by atoms with Gasteiger partial charge in [0.15, 0.2) is 0 Å². The minimum absolute atomic E-state index is 0.358. The van der Waals surface area contributed by atoms with E-state index in [0.29, 0.717) is 17.1 Å². The van der Waals surface area contributed by atoms with Gasteiger partial charge in [0, 0.05) is 6.54 Å². The Bertz CT molecular complexity index is 415. The number of hydrogen-bond donors (Lipinski definition) is 3. The fraction of sp³-hybridized carbons (Fsp3) is 0.500. The van der Waals surface area contributed by atoms with Crippen molar-refractivity contribution in [3.63, 3.8) is 0 Å². The predicted molar refractivity (Wildman–Crippen MR) is 67.6 cm³/mol. The summed E-state index contributed by atoms with van der Waals surface area (Å²) < 4.78 is 0. The molecule has 0 aliphatic heterocycles. The number of nitrogens with one attached hydrogen (secondary N) is 1. The Morgan fingerprint density at radius 3 is 2.94 bits per heavy atom.